The van der Waals surface area contributed by atoms with Gasteiger partial charge in [0.15, 0.2) is 0 Å². The first-order valence-electron chi connectivity index (χ1n) is 7.19. The molecule has 21 heavy (non-hydrogen) atoms. The highest BCUT2D eigenvalue weighted by Crippen LogP contribution is 2.28. The summed E-state index contributed by atoms with van der Waals surface area (Å²) in [6, 6.07) is 12.4. The van der Waals surface area contributed by atoms with Crippen molar-refractivity contribution in [1.29, 1.82) is 0 Å². The van der Waals surface area contributed by atoms with Gasteiger partial charge in [-0.25, -0.2) is 0 Å². The summed E-state index contributed by atoms with van der Waals surface area (Å²) < 4.78 is 5.52. The second-order valence-corrected chi connectivity index (χ2v) is 6.32. The molecule has 2 rings (SSSR count). The maximum Gasteiger partial charge on any atom is 0.0814 e. The fourth-order valence-electron chi connectivity index (χ4n) is 2.15. The van der Waals surface area contributed by atoms with Crippen LogP contribution in [0.3, 0.4) is 0 Å². The lowest BCUT2D eigenvalue weighted by Crippen LogP contribution is -2.23. The molecule has 0 bridgehead atoms. The summed E-state index contributed by atoms with van der Waals surface area (Å²) in [5.74, 6) is 0. The Morgan fingerprint density at radius 1 is 1.19 bits per heavy atom. The van der Waals surface area contributed by atoms with Crippen molar-refractivity contribution in [3.05, 3.63) is 47.3 Å². The van der Waals surface area contributed by atoms with E-state index in [1.807, 2.05) is 26.2 Å². The third-order valence-corrected chi connectivity index (χ3v) is 4.16. The van der Waals surface area contributed by atoms with Crippen LogP contribution < -0.4 is 0 Å². The van der Waals surface area contributed by atoms with Crippen molar-refractivity contribution >= 4 is 11.3 Å². The molecule has 0 radical (unpaired) electrons. The normalized spacial score (nSPS) is 12.8. The topological polar surface area (TPSA) is 32.7 Å². The van der Waals surface area contributed by atoms with Crippen molar-refractivity contribution in [3.63, 3.8) is 0 Å². The molecule has 0 amide bonds. The highest BCUT2D eigenvalue weighted by atomic mass is 32.1. The van der Waals surface area contributed by atoms with Crippen LogP contribution in [-0.4, -0.2) is 50.0 Å². The molecule has 114 valence electrons. The molecule has 0 saturated heterocycles. The molecule has 0 fully saturated rings. The van der Waals surface area contributed by atoms with Gasteiger partial charge in [0.25, 0.3) is 0 Å². The molecule has 0 aliphatic rings. The van der Waals surface area contributed by atoms with Gasteiger partial charge in [-0.3, -0.25) is 0 Å². The zero-order valence-electron chi connectivity index (χ0n) is 12.7. The standard InChI is InChI=1S/C17H23NO2S/c1-18(2)9-10-20-13-15(19)12-14-6-3-4-7-16(14)17-8-5-11-21-17/h3-8,11,15,19H,9-10,12-13H2,1-2H3. The van der Waals surface area contributed by atoms with Crippen molar-refractivity contribution < 1.29 is 9.84 Å². The molecular formula is C17H23NO2S. The lowest BCUT2D eigenvalue weighted by molar-refractivity contribution is 0.0318. The molecule has 0 spiro atoms. The summed E-state index contributed by atoms with van der Waals surface area (Å²) in [7, 11) is 4.02. The summed E-state index contributed by atoms with van der Waals surface area (Å²) >= 11 is 1.72. The Morgan fingerprint density at radius 2 is 2.00 bits per heavy atom. The molecule has 3 nitrogen and oxygen atoms in total. The lowest BCUT2D eigenvalue weighted by atomic mass is 10.0. The molecule has 4 heteroatoms. The van der Waals surface area contributed by atoms with Gasteiger partial charge in [-0.15, -0.1) is 11.3 Å². The molecular weight excluding hydrogens is 282 g/mol. The van der Waals surface area contributed by atoms with Crippen molar-refractivity contribution in [3.8, 4) is 10.4 Å². The number of likely N-dealkylation sites (N-methyl/N-ethyl adjacent to an activating group) is 1. The van der Waals surface area contributed by atoms with E-state index in [1.54, 1.807) is 11.3 Å². The molecule has 1 aromatic carbocycles. The SMILES string of the molecule is CN(C)CCOCC(O)Cc1ccccc1-c1cccs1. The van der Waals surface area contributed by atoms with E-state index in [0.29, 0.717) is 19.6 Å². The highest BCUT2D eigenvalue weighted by molar-refractivity contribution is 7.13. The smallest absolute Gasteiger partial charge is 0.0814 e. The molecule has 0 aliphatic carbocycles. The van der Waals surface area contributed by atoms with Gasteiger partial charge in [-0.2, -0.15) is 0 Å². The van der Waals surface area contributed by atoms with Gasteiger partial charge >= 0.3 is 0 Å². The van der Waals surface area contributed by atoms with Crippen LogP contribution in [-0.2, 0) is 11.2 Å². The summed E-state index contributed by atoms with van der Waals surface area (Å²) in [5.41, 5.74) is 2.38. The molecule has 2 aromatic rings. The van der Waals surface area contributed by atoms with Crippen LogP contribution in [0.15, 0.2) is 41.8 Å². The summed E-state index contributed by atoms with van der Waals surface area (Å²) in [5, 5.41) is 12.2. The molecule has 1 atom stereocenters. The Balaban J connectivity index is 1.91. The van der Waals surface area contributed by atoms with Gasteiger partial charge < -0.3 is 14.7 Å². The maximum absolute atomic E-state index is 10.2. The zero-order valence-corrected chi connectivity index (χ0v) is 13.5. The van der Waals surface area contributed by atoms with E-state index in [4.69, 9.17) is 4.74 Å². The van der Waals surface area contributed by atoms with Gasteiger partial charge in [-0.05, 0) is 36.7 Å². The predicted octanol–water partition coefficient (Wildman–Crippen LogP) is 2.90. The zero-order chi connectivity index (χ0) is 15.1. The lowest BCUT2D eigenvalue weighted by Gasteiger charge is -2.15. The summed E-state index contributed by atoms with van der Waals surface area (Å²) in [6.45, 7) is 1.90. The van der Waals surface area contributed by atoms with Crippen LogP contribution >= 0.6 is 11.3 Å². The fraction of sp³-hybridized carbons (Fsp3) is 0.412. The fourth-order valence-corrected chi connectivity index (χ4v) is 2.94. The maximum atomic E-state index is 10.2. The van der Waals surface area contributed by atoms with Crippen LogP contribution in [0.1, 0.15) is 5.56 Å². The molecule has 1 aromatic heterocycles. The second kappa shape index (κ2) is 8.29. The summed E-state index contributed by atoms with van der Waals surface area (Å²) in [4.78, 5) is 3.31. The number of hydrogen-bond acceptors (Lipinski definition) is 4. The number of ether oxygens (including phenoxy) is 1. The molecule has 0 saturated carbocycles. The number of rotatable bonds is 8. The molecule has 1 unspecified atom stereocenters. The number of aliphatic hydroxyl groups is 1. The minimum Gasteiger partial charge on any atom is -0.390 e. The largest absolute Gasteiger partial charge is 0.390 e. The van der Waals surface area contributed by atoms with Crippen LogP contribution in [0.5, 0.6) is 0 Å². The van der Waals surface area contributed by atoms with Gasteiger partial charge in [0, 0.05) is 17.8 Å². The Kier molecular flexibility index (Phi) is 6.39. The third kappa shape index (κ3) is 5.25. The van der Waals surface area contributed by atoms with Gasteiger partial charge in [-0.1, -0.05) is 30.3 Å². The number of nitrogens with zero attached hydrogens (tertiary/aromatic N) is 1. The molecule has 0 aliphatic heterocycles. The van der Waals surface area contributed by atoms with Gasteiger partial charge in [0.1, 0.15) is 0 Å². The van der Waals surface area contributed by atoms with Crippen molar-refractivity contribution in [2.75, 3.05) is 33.9 Å². The number of aliphatic hydroxyl groups excluding tert-OH is 1. The Bertz CT molecular complexity index is 525. The first-order valence-corrected chi connectivity index (χ1v) is 8.07. The highest BCUT2D eigenvalue weighted by Gasteiger charge is 2.11. The molecule has 1 N–H and O–H groups in total. The van der Waals surface area contributed by atoms with E-state index in [0.717, 1.165) is 6.54 Å². The van der Waals surface area contributed by atoms with E-state index in [1.165, 1.54) is 16.0 Å². The number of hydrogen-bond donors (Lipinski definition) is 1. The summed E-state index contributed by atoms with van der Waals surface area (Å²) in [6.07, 6.45) is 0.157. The Hall–Kier alpha value is -1.20. The van der Waals surface area contributed by atoms with Crippen LogP contribution in [0.25, 0.3) is 10.4 Å². The monoisotopic (exact) mass is 305 g/mol. The van der Waals surface area contributed by atoms with Crippen LogP contribution in [0.2, 0.25) is 0 Å². The Morgan fingerprint density at radius 3 is 2.71 bits per heavy atom. The van der Waals surface area contributed by atoms with E-state index in [2.05, 4.69) is 34.5 Å². The van der Waals surface area contributed by atoms with Crippen molar-refractivity contribution in [2.45, 2.75) is 12.5 Å². The molecule has 1 heterocycles. The van der Waals surface area contributed by atoms with E-state index in [9.17, 15) is 5.11 Å². The first-order chi connectivity index (χ1) is 10.2. The number of benzene rings is 1. The predicted molar refractivity (Wildman–Crippen MR) is 88.8 cm³/mol. The third-order valence-electron chi connectivity index (χ3n) is 3.25. The van der Waals surface area contributed by atoms with Gasteiger partial charge in [0.2, 0.25) is 0 Å². The van der Waals surface area contributed by atoms with Gasteiger partial charge in [0.05, 0.1) is 19.3 Å². The minimum absolute atomic E-state index is 0.382. The minimum atomic E-state index is -0.465. The second-order valence-electron chi connectivity index (χ2n) is 5.37. The quantitative estimate of drug-likeness (QED) is 0.761. The van der Waals surface area contributed by atoms with Crippen LogP contribution in [0.4, 0.5) is 0 Å². The average Bonchev–Trinajstić information content (AvgIpc) is 2.98. The van der Waals surface area contributed by atoms with Crippen molar-refractivity contribution in [1.82, 2.24) is 4.90 Å². The number of thiophene rings is 1. The van der Waals surface area contributed by atoms with E-state index < -0.39 is 6.10 Å². The van der Waals surface area contributed by atoms with Crippen LogP contribution in [0, 0.1) is 0 Å². The Labute approximate surface area is 130 Å². The van der Waals surface area contributed by atoms with E-state index in [-0.39, 0.29) is 0 Å². The van der Waals surface area contributed by atoms with Crippen molar-refractivity contribution in [2.24, 2.45) is 0 Å². The average molecular weight is 305 g/mol. The first kappa shape index (κ1) is 16.2. The van der Waals surface area contributed by atoms with E-state index >= 15 is 0 Å².